The second-order valence-corrected chi connectivity index (χ2v) is 4.48. The number of ether oxygens (including phenoxy) is 1. The Bertz CT molecular complexity index is 501. The molecule has 0 amide bonds. The first-order valence-electron chi connectivity index (χ1n) is 6.34. The molecule has 3 N–H and O–H groups in total. The maximum absolute atomic E-state index is 13.0. The number of carboxylic acids is 1. The van der Waals surface area contributed by atoms with Gasteiger partial charge in [-0.2, -0.15) is 0 Å². The number of rotatable bonds is 7. The summed E-state index contributed by atoms with van der Waals surface area (Å²) in [7, 11) is 0. The molecule has 0 fully saturated rings. The Kier molecular flexibility index (Phi) is 5.80. The molecule has 0 aliphatic rings. The van der Waals surface area contributed by atoms with Crippen molar-refractivity contribution in [2.45, 2.75) is 24.9 Å². The second kappa shape index (κ2) is 7.14. The predicted molar refractivity (Wildman–Crippen MR) is 70.1 cm³/mol. The largest absolute Gasteiger partial charge is 0.480 e. The summed E-state index contributed by atoms with van der Waals surface area (Å²) in [6.07, 6.45) is -2.01. The molecule has 6 nitrogen and oxygen atoms in total. The number of carbonyl (C=O) groups excluding carboxylic acids is 1. The lowest BCUT2D eigenvalue weighted by molar-refractivity contribution is -0.163. The van der Waals surface area contributed by atoms with E-state index in [0.29, 0.717) is 0 Å². The Balaban J connectivity index is 3.39. The molecule has 1 rings (SSSR count). The van der Waals surface area contributed by atoms with Crippen LogP contribution in [0.1, 0.15) is 18.9 Å². The second-order valence-electron chi connectivity index (χ2n) is 4.48. The Labute approximate surface area is 120 Å². The highest BCUT2D eigenvalue weighted by Gasteiger charge is 2.50. The van der Waals surface area contributed by atoms with Gasteiger partial charge in [-0.15, -0.1) is 0 Å². The van der Waals surface area contributed by atoms with Crippen molar-refractivity contribution in [2.24, 2.45) is 0 Å². The van der Waals surface area contributed by atoms with Gasteiger partial charge in [0.05, 0.1) is 19.3 Å². The molecule has 0 aliphatic heterocycles. The average Bonchev–Trinajstić information content (AvgIpc) is 2.45. The van der Waals surface area contributed by atoms with Gasteiger partial charge in [0.1, 0.15) is 5.82 Å². The topological polar surface area (TPSA) is 104 Å². The van der Waals surface area contributed by atoms with Gasteiger partial charge in [0, 0.05) is 6.42 Å². The minimum atomic E-state index is -2.20. The zero-order chi connectivity index (χ0) is 16.0. The van der Waals surface area contributed by atoms with Gasteiger partial charge in [-0.25, -0.2) is 4.39 Å². The van der Waals surface area contributed by atoms with Crippen LogP contribution in [0, 0.1) is 5.82 Å². The third-order valence-electron chi connectivity index (χ3n) is 3.08. The van der Waals surface area contributed by atoms with E-state index in [1.165, 1.54) is 6.92 Å². The Morgan fingerprint density at radius 3 is 2.33 bits per heavy atom. The van der Waals surface area contributed by atoms with Crippen LogP contribution >= 0.6 is 0 Å². The molecule has 0 aliphatic carbocycles. The van der Waals surface area contributed by atoms with Crippen LogP contribution in [0.4, 0.5) is 4.39 Å². The minimum Gasteiger partial charge on any atom is -0.480 e. The van der Waals surface area contributed by atoms with Gasteiger partial charge in [0.2, 0.25) is 0 Å². The van der Waals surface area contributed by atoms with Gasteiger partial charge >= 0.3 is 11.9 Å². The molecule has 0 saturated heterocycles. The summed E-state index contributed by atoms with van der Waals surface area (Å²) in [6, 6.07) is 4.31. The van der Waals surface area contributed by atoms with Crippen LogP contribution < -0.4 is 0 Å². The number of carboxylic acid groups (broad SMARTS) is 1. The van der Waals surface area contributed by atoms with Crippen molar-refractivity contribution in [3.05, 3.63) is 35.6 Å². The molecule has 7 heteroatoms. The zero-order valence-electron chi connectivity index (χ0n) is 11.5. The van der Waals surface area contributed by atoms with E-state index in [0.717, 1.165) is 24.3 Å². The number of aliphatic hydroxyl groups excluding tert-OH is 2. The van der Waals surface area contributed by atoms with E-state index in [-0.39, 0.29) is 12.2 Å². The molecule has 0 spiro atoms. The Hall–Kier alpha value is -1.99. The fourth-order valence-electron chi connectivity index (χ4n) is 2.02. The summed E-state index contributed by atoms with van der Waals surface area (Å²) in [6.45, 7) is 0.748. The third-order valence-corrected chi connectivity index (χ3v) is 3.08. The van der Waals surface area contributed by atoms with Crippen LogP contribution in [0.15, 0.2) is 24.3 Å². The fourth-order valence-corrected chi connectivity index (χ4v) is 2.02. The lowest BCUT2D eigenvalue weighted by Crippen LogP contribution is -2.48. The number of carbonyl (C=O) groups is 2. The third kappa shape index (κ3) is 3.56. The van der Waals surface area contributed by atoms with Crippen molar-refractivity contribution in [3.8, 4) is 0 Å². The number of esters is 1. The molecule has 1 aromatic rings. The lowest BCUT2D eigenvalue weighted by Gasteiger charge is -2.29. The van der Waals surface area contributed by atoms with Crippen LogP contribution in [-0.4, -0.2) is 46.6 Å². The quantitative estimate of drug-likeness (QED) is 0.499. The zero-order valence-corrected chi connectivity index (χ0v) is 11.5. The number of hydrogen-bond donors (Lipinski definition) is 3. The molecule has 116 valence electrons. The van der Waals surface area contributed by atoms with E-state index in [2.05, 4.69) is 0 Å². The number of benzene rings is 1. The number of aliphatic carboxylic acids is 1. The molecule has 0 saturated carbocycles. The Morgan fingerprint density at radius 1 is 1.33 bits per heavy atom. The van der Waals surface area contributed by atoms with Crippen molar-refractivity contribution in [2.75, 3.05) is 13.2 Å². The minimum absolute atomic E-state index is 0.0256. The Morgan fingerprint density at radius 2 is 1.90 bits per heavy atom. The number of hydrogen-bond acceptors (Lipinski definition) is 5. The van der Waals surface area contributed by atoms with Gasteiger partial charge in [-0.05, 0) is 24.6 Å². The molecule has 21 heavy (non-hydrogen) atoms. The van der Waals surface area contributed by atoms with Crippen molar-refractivity contribution in [1.82, 2.24) is 0 Å². The fraction of sp³-hybridized carbons (Fsp3) is 0.429. The van der Waals surface area contributed by atoms with Crippen molar-refractivity contribution in [3.63, 3.8) is 0 Å². The number of aliphatic hydroxyl groups is 2. The number of halogens is 1. The molecule has 1 aromatic carbocycles. The van der Waals surface area contributed by atoms with E-state index in [1.807, 2.05) is 0 Å². The van der Waals surface area contributed by atoms with E-state index in [9.17, 15) is 24.2 Å². The van der Waals surface area contributed by atoms with Gasteiger partial charge < -0.3 is 20.1 Å². The van der Waals surface area contributed by atoms with Crippen LogP contribution in [0.5, 0.6) is 0 Å². The highest BCUT2D eigenvalue weighted by atomic mass is 19.1. The maximum atomic E-state index is 13.0. The first kappa shape index (κ1) is 17.1. The van der Waals surface area contributed by atoms with Crippen LogP contribution in [-0.2, 0) is 19.7 Å². The predicted octanol–water partition coefficient (Wildman–Crippen LogP) is 0.454. The van der Waals surface area contributed by atoms with Gasteiger partial charge in [-0.1, -0.05) is 12.1 Å². The van der Waals surface area contributed by atoms with Crippen LogP contribution in [0.2, 0.25) is 0 Å². The standard InChI is InChI=1S/C14H17FO6/c1-2-21-13(20)14(12(18)19,7-11(17)8-16)9-3-5-10(15)6-4-9/h3-6,11,16-17H,2,7-8H2,1H3,(H,18,19). The van der Waals surface area contributed by atoms with E-state index < -0.39 is 42.3 Å². The highest BCUT2D eigenvalue weighted by molar-refractivity contribution is 6.05. The molecule has 2 unspecified atom stereocenters. The highest BCUT2D eigenvalue weighted by Crippen LogP contribution is 2.32. The smallest absolute Gasteiger partial charge is 0.328 e. The molecule has 0 radical (unpaired) electrons. The van der Waals surface area contributed by atoms with E-state index >= 15 is 0 Å². The molecule has 2 atom stereocenters. The van der Waals surface area contributed by atoms with Crippen molar-refractivity contribution < 1.29 is 34.0 Å². The summed E-state index contributed by atoms with van der Waals surface area (Å²) >= 11 is 0. The molecular weight excluding hydrogens is 283 g/mol. The van der Waals surface area contributed by atoms with Crippen molar-refractivity contribution in [1.29, 1.82) is 0 Å². The first-order valence-corrected chi connectivity index (χ1v) is 6.34. The molecule has 0 heterocycles. The molecule has 0 aromatic heterocycles. The summed E-state index contributed by atoms with van der Waals surface area (Å²) in [5.41, 5.74) is -2.23. The average molecular weight is 300 g/mol. The first-order chi connectivity index (χ1) is 9.88. The van der Waals surface area contributed by atoms with E-state index in [4.69, 9.17) is 9.84 Å². The normalized spacial score (nSPS) is 15.0. The van der Waals surface area contributed by atoms with E-state index in [1.54, 1.807) is 0 Å². The maximum Gasteiger partial charge on any atom is 0.328 e. The summed E-state index contributed by atoms with van der Waals surface area (Å²) < 4.78 is 17.8. The van der Waals surface area contributed by atoms with Gasteiger partial charge in [0.25, 0.3) is 0 Å². The monoisotopic (exact) mass is 300 g/mol. The summed E-state index contributed by atoms with van der Waals surface area (Å²) in [4.78, 5) is 23.8. The SMILES string of the molecule is CCOC(=O)C(CC(O)CO)(C(=O)O)c1ccc(F)cc1. The van der Waals surface area contributed by atoms with Crippen molar-refractivity contribution >= 4 is 11.9 Å². The lowest BCUT2D eigenvalue weighted by atomic mass is 9.76. The van der Waals surface area contributed by atoms with Gasteiger partial charge in [0.15, 0.2) is 5.41 Å². The summed E-state index contributed by atoms with van der Waals surface area (Å²) in [5, 5.41) is 28.0. The van der Waals surface area contributed by atoms with Gasteiger partial charge in [-0.3, -0.25) is 9.59 Å². The van der Waals surface area contributed by atoms with Crippen LogP contribution in [0.25, 0.3) is 0 Å². The molecular formula is C14H17FO6. The van der Waals surface area contributed by atoms with Crippen LogP contribution in [0.3, 0.4) is 0 Å². The summed E-state index contributed by atoms with van der Waals surface area (Å²) in [5.74, 6) is -3.21. The molecule has 0 bridgehead atoms.